The van der Waals surface area contributed by atoms with E-state index in [0.717, 1.165) is 13.0 Å². The van der Waals surface area contributed by atoms with Crippen molar-refractivity contribution < 1.29 is 9.53 Å². The van der Waals surface area contributed by atoms with Gasteiger partial charge in [-0.25, -0.2) is 0 Å². The van der Waals surface area contributed by atoms with Gasteiger partial charge in [0.25, 0.3) is 0 Å². The zero-order chi connectivity index (χ0) is 12.1. The Bertz CT molecular complexity index is 229. The number of halogens is 1. The number of hydrogen-bond acceptors (Lipinski definition) is 3. The lowest BCUT2D eigenvalue weighted by molar-refractivity contribution is -0.144. The number of nitrogens with zero attached hydrogens (tertiary/aromatic N) is 1. The van der Waals surface area contributed by atoms with Crippen LogP contribution >= 0.6 is 12.4 Å². The maximum absolute atomic E-state index is 12.1. The molecule has 1 aliphatic heterocycles. The molecular formula is C12H25ClN2O2. The zero-order valence-corrected chi connectivity index (χ0v) is 12.0. The van der Waals surface area contributed by atoms with E-state index >= 15 is 0 Å². The first-order valence-electron chi connectivity index (χ1n) is 6.22. The van der Waals surface area contributed by atoms with E-state index in [-0.39, 0.29) is 36.6 Å². The molecule has 0 bridgehead atoms. The minimum absolute atomic E-state index is 0. The molecule has 3 atom stereocenters. The molecule has 0 aromatic rings. The Hall–Kier alpha value is -0.320. The summed E-state index contributed by atoms with van der Waals surface area (Å²) in [7, 11) is 0. The topological polar surface area (TPSA) is 41.6 Å². The maximum atomic E-state index is 12.1. The highest BCUT2D eigenvalue weighted by Crippen LogP contribution is 2.11. The standard InChI is InChI=1S/C12H24N2O2.ClH/c1-5-6-13-11(4)12(15)14-7-9(2)16-10(3)8-14;/h9-11,13H,5-8H2,1-4H3;1H. The third-order valence-corrected chi connectivity index (χ3v) is 2.80. The quantitative estimate of drug-likeness (QED) is 0.835. The SMILES string of the molecule is CCCNC(C)C(=O)N1CC(C)OC(C)C1.Cl. The van der Waals surface area contributed by atoms with Gasteiger partial charge in [0.1, 0.15) is 0 Å². The third kappa shape index (κ3) is 5.23. The van der Waals surface area contributed by atoms with E-state index in [2.05, 4.69) is 12.2 Å². The van der Waals surface area contributed by atoms with Gasteiger partial charge in [0, 0.05) is 13.1 Å². The molecule has 17 heavy (non-hydrogen) atoms. The highest BCUT2D eigenvalue weighted by molar-refractivity contribution is 5.85. The number of carbonyl (C=O) groups excluding carboxylic acids is 1. The van der Waals surface area contributed by atoms with Gasteiger partial charge in [-0.05, 0) is 33.7 Å². The van der Waals surface area contributed by atoms with E-state index in [1.54, 1.807) is 0 Å². The van der Waals surface area contributed by atoms with Crippen LogP contribution in [0.25, 0.3) is 0 Å². The molecule has 0 saturated carbocycles. The molecular weight excluding hydrogens is 240 g/mol. The van der Waals surface area contributed by atoms with E-state index < -0.39 is 0 Å². The second-order valence-electron chi connectivity index (χ2n) is 4.68. The predicted molar refractivity (Wildman–Crippen MR) is 71.6 cm³/mol. The molecule has 102 valence electrons. The van der Waals surface area contributed by atoms with Gasteiger partial charge in [-0.2, -0.15) is 0 Å². The second kappa shape index (κ2) is 7.90. The molecule has 1 aliphatic rings. The Morgan fingerprint density at radius 1 is 1.41 bits per heavy atom. The number of rotatable bonds is 4. The first-order valence-corrected chi connectivity index (χ1v) is 6.22. The Kier molecular flexibility index (Phi) is 7.75. The summed E-state index contributed by atoms with van der Waals surface area (Å²) in [6.07, 6.45) is 1.34. The molecule has 1 rings (SSSR count). The predicted octanol–water partition coefficient (Wildman–Crippen LogP) is 1.43. The van der Waals surface area contributed by atoms with Gasteiger partial charge in [-0.3, -0.25) is 4.79 Å². The third-order valence-electron chi connectivity index (χ3n) is 2.80. The van der Waals surface area contributed by atoms with Gasteiger partial charge in [-0.15, -0.1) is 12.4 Å². The highest BCUT2D eigenvalue weighted by atomic mass is 35.5. The molecule has 0 aromatic carbocycles. The van der Waals surface area contributed by atoms with Crippen LogP contribution in [0.15, 0.2) is 0 Å². The average molecular weight is 265 g/mol. The van der Waals surface area contributed by atoms with Gasteiger partial charge in [-0.1, -0.05) is 6.92 Å². The summed E-state index contributed by atoms with van der Waals surface area (Å²) in [6.45, 7) is 10.4. The van der Waals surface area contributed by atoms with Crippen LogP contribution in [0.3, 0.4) is 0 Å². The van der Waals surface area contributed by atoms with Crippen molar-refractivity contribution in [2.24, 2.45) is 0 Å². The summed E-state index contributed by atoms with van der Waals surface area (Å²) in [5, 5.41) is 3.23. The fraction of sp³-hybridized carbons (Fsp3) is 0.917. The Balaban J connectivity index is 0.00000256. The van der Waals surface area contributed by atoms with Crippen molar-refractivity contribution in [2.45, 2.75) is 52.4 Å². The van der Waals surface area contributed by atoms with Crippen LogP contribution in [0, 0.1) is 0 Å². The number of hydrogen-bond donors (Lipinski definition) is 1. The largest absolute Gasteiger partial charge is 0.372 e. The van der Waals surface area contributed by atoms with Crippen LogP contribution in [0.1, 0.15) is 34.1 Å². The van der Waals surface area contributed by atoms with Gasteiger partial charge < -0.3 is 15.0 Å². The molecule has 0 spiro atoms. The van der Waals surface area contributed by atoms with Crippen molar-refractivity contribution >= 4 is 18.3 Å². The first kappa shape index (κ1) is 16.7. The summed E-state index contributed by atoms with van der Waals surface area (Å²) in [6, 6.07) is -0.0857. The lowest BCUT2D eigenvalue weighted by Gasteiger charge is -2.36. The van der Waals surface area contributed by atoms with E-state index in [1.165, 1.54) is 0 Å². The Labute approximate surface area is 110 Å². The molecule has 0 radical (unpaired) electrons. The minimum atomic E-state index is -0.0857. The molecule has 0 aromatic heterocycles. The lowest BCUT2D eigenvalue weighted by Crippen LogP contribution is -2.53. The highest BCUT2D eigenvalue weighted by Gasteiger charge is 2.28. The maximum Gasteiger partial charge on any atom is 0.239 e. The molecule has 1 N–H and O–H groups in total. The van der Waals surface area contributed by atoms with E-state index in [9.17, 15) is 4.79 Å². The van der Waals surface area contributed by atoms with Crippen LogP contribution in [-0.4, -0.2) is 48.7 Å². The minimum Gasteiger partial charge on any atom is -0.372 e. The van der Waals surface area contributed by atoms with Crippen LogP contribution in [0.2, 0.25) is 0 Å². The summed E-state index contributed by atoms with van der Waals surface area (Å²) in [5.41, 5.74) is 0. The molecule has 1 amide bonds. The van der Waals surface area contributed by atoms with Crippen LogP contribution < -0.4 is 5.32 Å². The van der Waals surface area contributed by atoms with Gasteiger partial charge >= 0.3 is 0 Å². The Morgan fingerprint density at radius 3 is 2.41 bits per heavy atom. The van der Waals surface area contributed by atoms with E-state index in [4.69, 9.17) is 4.74 Å². The number of ether oxygens (including phenoxy) is 1. The van der Waals surface area contributed by atoms with Crippen molar-refractivity contribution in [3.63, 3.8) is 0 Å². The van der Waals surface area contributed by atoms with Crippen LogP contribution in [0.5, 0.6) is 0 Å². The molecule has 0 aliphatic carbocycles. The fourth-order valence-electron chi connectivity index (χ4n) is 2.08. The second-order valence-corrected chi connectivity index (χ2v) is 4.68. The van der Waals surface area contributed by atoms with E-state index in [1.807, 2.05) is 25.7 Å². The Morgan fingerprint density at radius 2 is 1.94 bits per heavy atom. The van der Waals surface area contributed by atoms with Crippen molar-refractivity contribution in [3.8, 4) is 0 Å². The number of carbonyl (C=O) groups is 1. The monoisotopic (exact) mass is 264 g/mol. The van der Waals surface area contributed by atoms with Crippen molar-refractivity contribution in [1.82, 2.24) is 10.2 Å². The number of amides is 1. The molecule has 4 nitrogen and oxygen atoms in total. The van der Waals surface area contributed by atoms with Gasteiger partial charge in [0.2, 0.25) is 5.91 Å². The summed E-state index contributed by atoms with van der Waals surface area (Å²) < 4.78 is 5.61. The normalized spacial score (nSPS) is 26.2. The van der Waals surface area contributed by atoms with Crippen molar-refractivity contribution in [1.29, 1.82) is 0 Å². The summed E-state index contributed by atoms with van der Waals surface area (Å²) in [5.74, 6) is 0.190. The van der Waals surface area contributed by atoms with E-state index in [0.29, 0.717) is 13.1 Å². The lowest BCUT2D eigenvalue weighted by atomic mass is 10.2. The summed E-state index contributed by atoms with van der Waals surface area (Å²) >= 11 is 0. The zero-order valence-electron chi connectivity index (χ0n) is 11.2. The smallest absolute Gasteiger partial charge is 0.239 e. The summed E-state index contributed by atoms with van der Waals surface area (Å²) in [4.78, 5) is 14.0. The molecule has 3 unspecified atom stereocenters. The van der Waals surface area contributed by atoms with Crippen LogP contribution in [0.4, 0.5) is 0 Å². The molecule has 5 heteroatoms. The van der Waals surface area contributed by atoms with Crippen LogP contribution in [-0.2, 0) is 9.53 Å². The number of morpholine rings is 1. The van der Waals surface area contributed by atoms with Crippen molar-refractivity contribution in [2.75, 3.05) is 19.6 Å². The fourth-order valence-corrected chi connectivity index (χ4v) is 2.08. The molecule has 1 saturated heterocycles. The first-order chi connectivity index (χ1) is 7.54. The van der Waals surface area contributed by atoms with Crippen molar-refractivity contribution in [3.05, 3.63) is 0 Å². The molecule has 1 heterocycles. The van der Waals surface area contributed by atoms with Gasteiger partial charge in [0.15, 0.2) is 0 Å². The van der Waals surface area contributed by atoms with Gasteiger partial charge in [0.05, 0.1) is 18.2 Å². The molecule has 1 fully saturated rings. The average Bonchev–Trinajstić information content (AvgIpc) is 2.23. The number of nitrogens with one attached hydrogen (secondary N) is 1.